The Morgan fingerprint density at radius 3 is 2.24 bits per heavy atom. The molecule has 0 radical (unpaired) electrons. The van der Waals surface area contributed by atoms with Crippen LogP contribution >= 0.6 is 11.8 Å². The van der Waals surface area contributed by atoms with Gasteiger partial charge in [0, 0.05) is 50.2 Å². The summed E-state index contributed by atoms with van der Waals surface area (Å²) in [5.74, 6) is -0.0871. The van der Waals surface area contributed by atoms with Crippen molar-refractivity contribution < 1.29 is 23.9 Å². The van der Waals surface area contributed by atoms with Crippen molar-refractivity contribution in [3.8, 4) is 11.5 Å². The molecular weight excluding hydrogens is 661 g/mol. The minimum absolute atomic E-state index is 0.0286. The number of carbonyl (C=O) groups is 3. The zero-order valence-corrected chi connectivity index (χ0v) is 29.5. The third-order valence-electron chi connectivity index (χ3n) is 8.38. The number of aryl methyl sites for hydroxylation is 1. The second kappa shape index (κ2) is 15.7. The fourth-order valence-corrected chi connectivity index (χ4v) is 6.80. The highest BCUT2D eigenvalue weighted by atomic mass is 32.2. The topological polar surface area (TPSA) is 111 Å². The Bertz CT molecular complexity index is 2260. The highest BCUT2D eigenvalue weighted by Gasteiger charge is 2.19. The van der Waals surface area contributed by atoms with Gasteiger partial charge in [-0.25, -0.2) is 0 Å². The molecule has 1 heterocycles. The van der Waals surface area contributed by atoms with Gasteiger partial charge in [0.1, 0.15) is 5.70 Å². The van der Waals surface area contributed by atoms with Crippen molar-refractivity contribution in [2.24, 2.45) is 0 Å². The lowest BCUT2D eigenvalue weighted by Crippen LogP contribution is -2.30. The summed E-state index contributed by atoms with van der Waals surface area (Å²) in [6, 6.07) is 35.4. The quantitative estimate of drug-likeness (QED) is 0.0876. The van der Waals surface area contributed by atoms with Crippen LogP contribution in [0, 0.1) is 0 Å². The number of amides is 3. The second-order valence-electron chi connectivity index (χ2n) is 11.7. The molecule has 10 heteroatoms. The molecule has 0 bridgehead atoms. The Kier molecular flexibility index (Phi) is 10.7. The molecule has 6 aromatic rings. The molecule has 1 aromatic heterocycles. The summed E-state index contributed by atoms with van der Waals surface area (Å²) in [5.41, 5.74) is 4.57. The molecule has 0 fully saturated rings. The maximum atomic E-state index is 13.7. The lowest BCUT2D eigenvalue weighted by molar-refractivity contribution is -0.115. The first-order valence-corrected chi connectivity index (χ1v) is 17.4. The van der Waals surface area contributed by atoms with E-state index in [0.717, 1.165) is 38.9 Å². The summed E-state index contributed by atoms with van der Waals surface area (Å²) in [5, 5.41) is 10.5. The second-order valence-corrected chi connectivity index (χ2v) is 13.1. The number of nitrogens with zero attached hydrogens (tertiary/aromatic N) is 1. The van der Waals surface area contributed by atoms with Crippen molar-refractivity contribution in [2.75, 3.05) is 24.9 Å². The molecule has 6 rings (SSSR count). The SMILES string of the molecule is CCn1c2ccccc2c2cc(NC(=O)C(C)Sc3cccc(NC(=O)/C(=C\c4ccc(OC)c(OC)c4)NC(=O)c4ccccc4)c3)ccc21. The Balaban J connectivity index is 1.17. The van der Waals surface area contributed by atoms with Crippen molar-refractivity contribution in [1.82, 2.24) is 9.88 Å². The highest BCUT2D eigenvalue weighted by Crippen LogP contribution is 2.32. The van der Waals surface area contributed by atoms with E-state index in [-0.39, 0.29) is 11.6 Å². The van der Waals surface area contributed by atoms with Gasteiger partial charge in [0.05, 0.1) is 19.5 Å². The van der Waals surface area contributed by atoms with E-state index >= 15 is 0 Å². The van der Waals surface area contributed by atoms with Gasteiger partial charge in [-0.2, -0.15) is 0 Å². The fourth-order valence-electron chi connectivity index (χ4n) is 5.87. The maximum Gasteiger partial charge on any atom is 0.272 e. The van der Waals surface area contributed by atoms with Crippen molar-refractivity contribution in [2.45, 2.75) is 30.5 Å². The summed E-state index contributed by atoms with van der Waals surface area (Å²) in [4.78, 5) is 40.9. The monoisotopic (exact) mass is 698 g/mol. The van der Waals surface area contributed by atoms with Crippen LogP contribution in [0.5, 0.6) is 11.5 Å². The number of benzene rings is 5. The van der Waals surface area contributed by atoms with Crippen LogP contribution in [0.15, 0.2) is 126 Å². The van der Waals surface area contributed by atoms with Gasteiger partial charge in [0.25, 0.3) is 11.8 Å². The number of hydrogen-bond acceptors (Lipinski definition) is 6. The van der Waals surface area contributed by atoms with E-state index < -0.39 is 17.1 Å². The van der Waals surface area contributed by atoms with Gasteiger partial charge in [0.2, 0.25) is 5.91 Å². The molecule has 5 aromatic carbocycles. The van der Waals surface area contributed by atoms with Crippen LogP contribution in [0.3, 0.4) is 0 Å². The van der Waals surface area contributed by atoms with Crippen LogP contribution in [0.1, 0.15) is 29.8 Å². The number of aromatic nitrogens is 1. The number of rotatable bonds is 12. The molecule has 51 heavy (non-hydrogen) atoms. The third kappa shape index (κ3) is 7.92. The van der Waals surface area contributed by atoms with Gasteiger partial charge in [-0.3, -0.25) is 14.4 Å². The van der Waals surface area contributed by atoms with Crippen molar-refractivity contribution in [3.05, 3.63) is 132 Å². The van der Waals surface area contributed by atoms with Crippen molar-refractivity contribution in [1.29, 1.82) is 0 Å². The van der Waals surface area contributed by atoms with Gasteiger partial charge in [-0.05, 0) is 92.2 Å². The van der Waals surface area contributed by atoms with Crippen molar-refractivity contribution in [3.63, 3.8) is 0 Å². The van der Waals surface area contributed by atoms with Gasteiger partial charge in [-0.1, -0.05) is 48.5 Å². The number of ether oxygens (including phenoxy) is 2. The summed E-state index contributed by atoms with van der Waals surface area (Å²) in [6.45, 7) is 4.82. The number of thioether (sulfide) groups is 1. The number of carbonyl (C=O) groups excluding carboxylic acids is 3. The van der Waals surface area contributed by atoms with Gasteiger partial charge < -0.3 is 30.0 Å². The lowest BCUT2D eigenvalue weighted by atomic mass is 10.1. The van der Waals surface area contributed by atoms with Crippen LogP contribution in [-0.4, -0.2) is 41.8 Å². The fraction of sp³-hybridized carbons (Fsp3) is 0.146. The average Bonchev–Trinajstić information content (AvgIpc) is 3.47. The standard InChI is InChI=1S/C41H38N4O5S/c1-5-45-35-17-10-9-16-32(35)33-25-30(19-20-36(33)45)42-39(46)26(2)51-31-15-11-14-29(24-31)43-41(48)34(44-40(47)28-12-7-6-8-13-28)22-27-18-21-37(49-3)38(23-27)50-4/h6-26H,5H2,1-4H3,(H,42,46)(H,43,48)(H,44,47)/b34-22+. The molecule has 258 valence electrons. The van der Waals surface area contributed by atoms with E-state index in [1.54, 1.807) is 73.8 Å². The molecule has 0 aliphatic rings. The number of nitrogens with one attached hydrogen (secondary N) is 3. The minimum atomic E-state index is -0.526. The largest absolute Gasteiger partial charge is 0.493 e. The summed E-state index contributed by atoms with van der Waals surface area (Å²) in [7, 11) is 3.07. The van der Waals surface area contributed by atoms with E-state index in [9.17, 15) is 14.4 Å². The summed E-state index contributed by atoms with van der Waals surface area (Å²) < 4.78 is 13.0. The molecule has 9 nitrogen and oxygen atoms in total. The first-order valence-electron chi connectivity index (χ1n) is 16.5. The number of methoxy groups -OCH3 is 2. The smallest absolute Gasteiger partial charge is 0.272 e. The highest BCUT2D eigenvalue weighted by molar-refractivity contribution is 8.00. The predicted octanol–water partition coefficient (Wildman–Crippen LogP) is 8.36. The van der Waals surface area contributed by atoms with Crippen LogP contribution in [0.2, 0.25) is 0 Å². The normalized spacial score (nSPS) is 12.0. The molecular formula is C41H38N4O5S. The Morgan fingerprint density at radius 1 is 0.745 bits per heavy atom. The van der Waals surface area contributed by atoms with Gasteiger partial charge >= 0.3 is 0 Å². The Morgan fingerprint density at radius 2 is 1.47 bits per heavy atom. The van der Waals surface area contributed by atoms with E-state index in [2.05, 4.69) is 45.6 Å². The van der Waals surface area contributed by atoms with E-state index in [0.29, 0.717) is 28.3 Å². The van der Waals surface area contributed by atoms with Crippen LogP contribution in [0.25, 0.3) is 27.9 Å². The van der Waals surface area contributed by atoms with Gasteiger partial charge in [-0.15, -0.1) is 11.8 Å². The molecule has 1 atom stereocenters. The van der Waals surface area contributed by atoms with Crippen LogP contribution in [-0.2, 0) is 16.1 Å². The predicted molar refractivity (Wildman–Crippen MR) is 206 cm³/mol. The third-order valence-corrected chi connectivity index (χ3v) is 9.47. The number of para-hydroxylation sites is 1. The number of hydrogen-bond donors (Lipinski definition) is 3. The molecule has 0 aliphatic heterocycles. The number of anilines is 2. The molecule has 3 amide bonds. The lowest BCUT2D eigenvalue weighted by Gasteiger charge is -2.14. The van der Waals surface area contributed by atoms with Crippen LogP contribution < -0.4 is 25.4 Å². The molecule has 0 spiro atoms. The number of fused-ring (bicyclic) bond motifs is 3. The maximum absolute atomic E-state index is 13.7. The minimum Gasteiger partial charge on any atom is -0.493 e. The summed E-state index contributed by atoms with van der Waals surface area (Å²) >= 11 is 1.38. The van der Waals surface area contributed by atoms with E-state index in [4.69, 9.17) is 9.47 Å². The zero-order valence-electron chi connectivity index (χ0n) is 28.7. The molecule has 3 N–H and O–H groups in total. The summed E-state index contributed by atoms with van der Waals surface area (Å²) in [6.07, 6.45) is 1.57. The first-order chi connectivity index (χ1) is 24.8. The Hall–Kier alpha value is -6.00. The van der Waals surface area contributed by atoms with Crippen LogP contribution in [0.4, 0.5) is 11.4 Å². The van der Waals surface area contributed by atoms with E-state index in [1.165, 1.54) is 18.9 Å². The molecule has 1 unspecified atom stereocenters. The molecule has 0 saturated carbocycles. The Labute approximate surface area is 300 Å². The van der Waals surface area contributed by atoms with E-state index in [1.807, 2.05) is 43.3 Å². The molecule has 0 saturated heterocycles. The zero-order chi connectivity index (χ0) is 35.9. The average molecular weight is 699 g/mol. The first kappa shape index (κ1) is 34.8. The molecule has 0 aliphatic carbocycles. The van der Waals surface area contributed by atoms with Crippen molar-refractivity contribution >= 4 is 68.7 Å². The van der Waals surface area contributed by atoms with Gasteiger partial charge in [0.15, 0.2) is 11.5 Å².